The second-order valence-corrected chi connectivity index (χ2v) is 6.70. The molecule has 116 valence electrons. The smallest absolute Gasteiger partial charge is 0.255 e. The monoisotopic (exact) mass is 353 g/mol. The van der Waals surface area contributed by atoms with E-state index in [1.165, 1.54) is 4.90 Å². The zero-order chi connectivity index (χ0) is 16.0. The Morgan fingerprint density at radius 2 is 2.14 bits per heavy atom. The van der Waals surface area contributed by atoms with Crippen LogP contribution in [0.3, 0.4) is 0 Å². The number of nitrogens with zero attached hydrogens (tertiary/aromatic N) is 1. The Morgan fingerprint density at radius 3 is 2.71 bits per heavy atom. The maximum Gasteiger partial charge on any atom is 0.255 e. The van der Waals surface area contributed by atoms with Gasteiger partial charge in [-0.15, -0.1) is 0 Å². The van der Waals surface area contributed by atoms with E-state index in [2.05, 4.69) is 35.1 Å². The average Bonchev–Trinajstić information content (AvgIpc) is 2.59. The second kappa shape index (κ2) is 7.59. The summed E-state index contributed by atoms with van der Waals surface area (Å²) in [5, 5.41) is 11.0. The molecule has 1 aliphatic heterocycles. The lowest BCUT2D eigenvalue weighted by atomic mass is 9.91. The first-order valence-corrected chi connectivity index (χ1v) is 7.93. The highest BCUT2D eigenvalue weighted by molar-refractivity contribution is 9.11. The topological polar surface area (TPSA) is 56.2 Å². The molecule has 1 saturated heterocycles. The van der Waals surface area contributed by atoms with E-state index in [-0.39, 0.29) is 11.9 Å². The minimum absolute atomic E-state index is 0.0236. The van der Waals surface area contributed by atoms with Gasteiger partial charge in [0.2, 0.25) is 0 Å². The predicted octanol–water partition coefficient (Wildman–Crippen LogP) is 3.57. The Labute approximate surface area is 135 Å². The molecule has 1 atom stereocenters. The Bertz CT molecular complexity index is 494. The summed E-state index contributed by atoms with van der Waals surface area (Å²) in [6, 6.07) is 0. The van der Waals surface area contributed by atoms with Crippen molar-refractivity contribution in [1.82, 2.24) is 10.2 Å². The van der Waals surface area contributed by atoms with Crippen molar-refractivity contribution in [2.75, 3.05) is 6.54 Å². The van der Waals surface area contributed by atoms with Crippen LogP contribution in [0.25, 0.3) is 0 Å². The van der Waals surface area contributed by atoms with Crippen molar-refractivity contribution in [2.45, 2.75) is 39.7 Å². The molecule has 2 N–H and O–H groups in total. The molecule has 1 aliphatic rings. The number of halogens is 1. The number of rotatable bonds is 6. The fourth-order valence-corrected chi connectivity index (χ4v) is 2.55. The molecule has 1 heterocycles. The summed E-state index contributed by atoms with van der Waals surface area (Å²) in [6.45, 7) is 8.39. The maximum absolute atomic E-state index is 12.4. The van der Waals surface area contributed by atoms with E-state index >= 15 is 0 Å². The third-order valence-corrected chi connectivity index (χ3v) is 3.99. The minimum Gasteiger partial charge on any atom is -0.342 e. The average molecular weight is 354 g/mol. The van der Waals surface area contributed by atoms with E-state index in [0.717, 1.165) is 10.9 Å². The standard InChI is InChI=1S/C16H24BrN3O/c1-5-13(17)9-7-6-8-10-20-14(21)16(4,11-12(2)3)19-15(20)18/h5-9,12H,10-11H2,1-4H3,(H2,18,19)/b8-6+,9-7-,13-5+. The molecule has 1 fully saturated rings. The van der Waals surface area contributed by atoms with Gasteiger partial charge in [0.25, 0.3) is 5.91 Å². The van der Waals surface area contributed by atoms with Crippen molar-refractivity contribution < 1.29 is 4.79 Å². The van der Waals surface area contributed by atoms with Gasteiger partial charge in [-0.2, -0.15) is 0 Å². The number of carbonyl (C=O) groups excluding carboxylic acids is 1. The van der Waals surface area contributed by atoms with Crippen LogP contribution >= 0.6 is 15.9 Å². The van der Waals surface area contributed by atoms with Crippen LogP contribution in [0.4, 0.5) is 0 Å². The van der Waals surface area contributed by atoms with Crippen LogP contribution in [0.1, 0.15) is 34.1 Å². The van der Waals surface area contributed by atoms with E-state index in [0.29, 0.717) is 12.5 Å². The summed E-state index contributed by atoms with van der Waals surface area (Å²) in [7, 11) is 0. The van der Waals surface area contributed by atoms with E-state index in [9.17, 15) is 4.79 Å². The molecule has 5 heteroatoms. The summed E-state index contributed by atoms with van der Waals surface area (Å²) < 4.78 is 1.00. The highest BCUT2D eigenvalue weighted by atomic mass is 79.9. The van der Waals surface area contributed by atoms with Crippen molar-refractivity contribution >= 4 is 27.8 Å². The Balaban J connectivity index is 2.64. The van der Waals surface area contributed by atoms with E-state index in [1.54, 1.807) is 0 Å². The van der Waals surface area contributed by atoms with Gasteiger partial charge in [0.15, 0.2) is 5.96 Å². The first-order valence-electron chi connectivity index (χ1n) is 7.14. The minimum atomic E-state index is -0.650. The SMILES string of the molecule is C\C=C(Br)/C=C\C=C\CN1C(=N)NC(C)(CC(C)C)C1=O. The number of amides is 1. The van der Waals surface area contributed by atoms with Crippen molar-refractivity contribution in [3.05, 3.63) is 34.9 Å². The lowest BCUT2D eigenvalue weighted by molar-refractivity contribution is -0.130. The third kappa shape index (κ3) is 4.84. The fourth-order valence-electron chi connectivity index (χ4n) is 2.40. The van der Waals surface area contributed by atoms with Crippen LogP contribution in [0, 0.1) is 11.3 Å². The summed E-state index contributed by atoms with van der Waals surface area (Å²) in [6.07, 6.45) is 10.3. The highest BCUT2D eigenvalue weighted by Gasteiger charge is 2.45. The number of hydrogen-bond donors (Lipinski definition) is 2. The molecule has 1 rings (SSSR count). The molecule has 1 unspecified atom stereocenters. The van der Waals surface area contributed by atoms with Gasteiger partial charge in [-0.25, -0.2) is 0 Å². The Morgan fingerprint density at radius 1 is 1.48 bits per heavy atom. The number of guanidine groups is 1. The van der Waals surface area contributed by atoms with E-state index in [1.807, 2.05) is 44.2 Å². The number of nitrogens with one attached hydrogen (secondary N) is 2. The van der Waals surface area contributed by atoms with Gasteiger partial charge in [-0.3, -0.25) is 15.1 Å². The molecule has 0 radical (unpaired) electrons. The summed E-state index contributed by atoms with van der Waals surface area (Å²) >= 11 is 3.38. The molecule has 0 aliphatic carbocycles. The van der Waals surface area contributed by atoms with Gasteiger partial charge in [-0.05, 0) is 32.3 Å². The molecule has 0 aromatic carbocycles. The zero-order valence-corrected chi connectivity index (χ0v) is 14.7. The predicted molar refractivity (Wildman–Crippen MR) is 91.4 cm³/mol. The van der Waals surface area contributed by atoms with Gasteiger partial charge in [-0.1, -0.05) is 54.1 Å². The maximum atomic E-state index is 12.4. The van der Waals surface area contributed by atoms with Gasteiger partial charge < -0.3 is 5.32 Å². The van der Waals surface area contributed by atoms with Crippen LogP contribution in [0.15, 0.2) is 34.9 Å². The lowest BCUT2D eigenvalue weighted by Crippen LogP contribution is -2.45. The molecule has 1 amide bonds. The quantitative estimate of drug-likeness (QED) is 0.717. The summed E-state index contributed by atoms with van der Waals surface area (Å²) in [4.78, 5) is 13.9. The van der Waals surface area contributed by atoms with Gasteiger partial charge >= 0.3 is 0 Å². The molecule has 0 spiro atoms. The van der Waals surface area contributed by atoms with E-state index in [4.69, 9.17) is 5.41 Å². The molecular weight excluding hydrogens is 330 g/mol. The molecular formula is C16H24BrN3O. The zero-order valence-electron chi connectivity index (χ0n) is 13.1. The Kier molecular flexibility index (Phi) is 6.40. The third-order valence-electron chi connectivity index (χ3n) is 3.26. The summed E-state index contributed by atoms with van der Waals surface area (Å²) in [5.74, 6) is 0.562. The largest absolute Gasteiger partial charge is 0.342 e. The number of carbonyl (C=O) groups is 1. The fraction of sp³-hybridized carbons (Fsp3) is 0.500. The molecule has 21 heavy (non-hydrogen) atoms. The normalized spacial score (nSPS) is 23.9. The molecule has 0 aromatic heterocycles. The van der Waals surface area contributed by atoms with Crippen molar-refractivity contribution in [3.8, 4) is 0 Å². The van der Waals surface area contributed by atoms with Crippen molar-refractivity contribution in [3.63, 3.8) is 0 Å². The molecule has 4 nitrogen and oxygen atoms in total. The first kappa shape index (κ1) is 17.7. The molecule has 0 saturated carbocycles. The van der Waals surface area contributed by atoms with Crippen molar-refractivity contribution in [2.24, 2.45) is 5.92 Å². The molecule has 0 bridgehead atoms. The second-order valence-electron chi connectivity index (χ2n) is 5.78. The highest BCUT2D eigenvalue weighted by Crippen LogP contribution is 2.24. The van der Waals surface area contributed by atoms with Crippen LogP contribution in [0.2, 0.25) is 0 Å². The van der Waals surface area contributed by atoms with Crippen LogP contribution in [-0.4, -0.2) is 28.9 Å². The van der Waals surface area contributed by atoms with Crippen LogP contribution in [0.5, 0.6) is 0 Å². The Hall–Kier alpha value is -1.36. The lowest BCUT2D eigenvalue weighted by Gasteiger charge is -2.23. The summed E-state index contributed by atoms with van der Waals surface area (Å²) in [5.41, 5.74) is -0.650. The van der Waals surface area contributed by atoms with Crippen LogP contribution < -0.4 is 5.32 Å². The number of allylic oxidation sites excluding steroid dienone is 5. The number of hydrogen-bond acceptors (Lipinski definition) is 2. The van der Waals surface area contributed by atoms with Crippen molar-refractivity contribution in [1.29, 1.82) is 5.41 Å². The first-order chi connectivity index (χ1) is 9.80. The van der Waals surface area contributed by atoms with Gasteiger partial charge in [0, 0.05) is 11.0 Å². The molecule has 0 aromatic rings. The van der Waals surface area contributed by atoms with Gasteiger partial charge in [0.05, 0.1) is 0 Å². The van der Waals surface area contributed by atoms with Crippen LogP contribution in [-0.2, 0) is 4.79 Å². The van der Waals surface area contributed by atoms with E-state index < -0.39 is 5.54 Å². The van der Waals surface area contributed by atoms with Gasteiger partial charge in [0.1, 0.15) is 5.54 Å².